The highest BCUT2D eigenvalue weighted by Crippen LogP contribution is 2.21. The fourth-order valence-corrected chi connectivity index (χ4v) is 3.32. The molecule has 2 aromatic carbocycles. The topological polar surface area (TPSA) is 49.9 Å². The van der Waals surface area contributed by atoms with Crippen molar-refractivity contribution in [3.8, 4) is 0 Å². The Bertz CT molecular complexity index is 845. The number of esters is 1. The van der Waals surface area contributed by atoms with Gasteiger partial charge in [0.25, 0.3) is 5.91 Å². The average Bonchev–Trinajstić information content (AvgIpc) is 2.68. The Morgan fingerprint density at radius 2 is 1.78 bits per heavy atom. The third kappa shape index (κ3) is 4.80. The number of benzene rings is 2. The number of aryl methyl sites for hydroxylation is 2. The molecule has 1 fully saturated rings. The lowest BCUT2D eigenvalue weighted by molar-refractivity contribution is -0.134. The highest BCUT2D eigenvalue weighted by Gasteiger charge is 2.23. The molecule has 5 nitrogen and oxygen atoms in total. The average molecular weight is 387 g/mol. The summed E-state index contributed by atoms with van der Waals surface area (Å²) in [7, 11) is 0. The van der Waals surface area contributed by atoms with Crippen molar-refractivity contribution in [2.24, 2.45) is 0 Å². The van der Waals surface area contributed by atoms with E-state index in [1.54, 1.807) is 11.0 Å². The fraction of sp³-hybridized carbons (Fsp3) is 0.333. The summed E-state index contributed by atoms with van der Waals surface area (Å²) in [5.74, 6) is -0.624. The molecule has 0 saturated carbocycles. The molecule has 0 N–H and O–H groups in total. The van der Waals surface area contributed by atoms with Gasteiger partial charge in [-0.2, -0.15) is 0 Å². The van der Waals surface area contributed by atoms with Gasteiger partial charge in [0.1, 0.15) is 0 Å². The molecular formula is C21H23ClN2O3. The number of ether oxygens (including phenoxy) is 1. The summed E-state index contributed by atoms with van der Waals surface area (Å²) >= 11 is 6.05. The molecule has 6 heteroatoms. The molecule has 27 heavy (non-hydrogen) atoms. The van der Waals surface area contributed by atoms with Gasteiger partial charge in [-0.1, -0.05) is 35.4 Å². The van der Waals surface area contributed by atoms with Crippen molar-refractivity contribution in [2.75, 3.05) is 37.7 Å². The molecular weight excluding hydrogens is 364 g/mol. The Kier molecular flexibility index (Phi) is 6.01. The van der Waals surface area contributed by atoms with E-state index >= 15 is 0 Å². The van der Waals surface area contributed by atoms with Gasteiger partial charge < -0.3 is 14.5 Å². The lowest BCUT2D eigenvalue weighted by Gasteiger charge is -2.36. The molecule has 0 aromatic heterocycles. The maximum Gasteiger partial charge on any atom is 0.338 e. The molecule has 1 amide bonds. The van der Waals surface area contributed by atoms with E-state index in [0.29, 0.717) is 23.7 Å². The van der Waals surface area contributed by atoms with Gasteiger partial charge in [-0.25, -0.2) is 4.79 Å². The molecule has 1 aliphatic heterocycles. The summed E-state index contributed by atoms with van der Waals surface area (Å²) in [5, 5.41) is 0.698. The Hall–Kier alpha value is -2.53. The fourth-order valence-electron chi connectivity index (χ4n) is 3.14. The van der Waals surface area contributed by atoms with Crippen molar-refractivity contribution >= 4 is 29.2 Å². The largest absolute Gasteiger partial charge is 0.452 e. The third-order valence-electron chi connectivity index (χ3n) is 4.75. The predicted molar refractivity (Wildman–Crippen MR) is 106 cm³/mol. The number of hydrogen-bond acceptors (Lipinski definition) is 4. The number of halogens is 1. The minimum Gasteiger partial charge on any atom is -0.452 e. The van der Waals surface area contributed by atoms with Crippen molar-refractivity contribution in [1.29, 1.82) is 0 Å². The monoisotopic (exact) mass is 386 g/mol. The van der Waals surface area contributed by atoms with Crippen molar-refractivity contribution < 1.29 is 14.3 Å². The quantitative estimate of drug-likeness (QED) is 0.755. The van der Waals surface area contributed by atoms with Crippen LogP contribution in [0.3, 0.4) is 0 Å². The van der Waals surface area contributed by atoms with E-state index < -0.39 is 5.97 Å². The molecule has 3 rings (SSSR count). The molecule has 142 valence electrons. The summed E-state index contributed by atoms with van der Waals surface area (Å²) in [6.07, 6.45) is 0. The minimum absolute atomic E-state index is 0.167. The van der Waals surface area contributed by atoms with Crippen LogP contribution in [0.15, 0.2) is 42.5 Å². The number of carbonyl (C=O) groups excluding carboxylic acids is 2. The van der Waals surface area contributed by atoms with E-state index in [1.807, 2.05) is 50.2 Å². The van der Waals surface area contributed by atoms with Crippen LogP contribution >= 0.6 is 11.6 Å². The van der Waals surface area contributed by atoms with Crippen LogP contribution in [0.5, 0.6) is 0 Å². The number of amides is 1. The maximum atomic E-state index is 12.4. The Labute approximate surface area is 164 Å². The van der Waals surface area contributed by atoms with E-state index in [2.05, 4.69) is 4.90 Å². The second-order valence-electron chi connectivity index (χ2n) is 6.74. The highest BCUT2D eigenvalue weighted by molar-refractivity contribution is 6.30. The molecule has 2 aromatic rings. The molecule has 1 saturated heterocycles. The first-order chi connectivity index (χ1) is 12.9. The molecule has 0 spiro atoms. The van der Waals surface area contributed by atoms with Gasteiger partial charge in [0, 0.05) is 36.9 Å². The molecule has 1 aliphatic rings. The van der Waals surface area contributed by atoms with Gasteiger partial charge in [0.05, 0.1) is 5.56 Å². The number of anilines is 1. The SMILES string of the molecule is Cc1ccc(C)c(C(=O)OCC(=O)N2CCN(c3cccc(Cl)c3)CC2)c1. The molecule has 0 aliphatic carbocycles. The highest BCUT2D eigenvalue weighted by atomic mass is 35.5. The Morgan fingerprint density at radius 1 is 1.04 bits per heavy atom. The summed E-state index contributed by atoms with van der Waals surface area (Å²) in [4.78, 5) is 28.6. The van der Waals surface area contributed by atoms with Crippen LogP contribution in [0.1, 0.15) is 21.5 Å². The Balaban J connectivity index is 1.51. The lowest BCUT2D eigenvalue weighted by Crippen LogP contribution is -2.49. The van der Waals surface area contributed by atoms with Gasteiger partial charge >= 0.3 is 5.97 Å². The van der Waals surface area contributed by atoms with E-state index in [9.17, 15) is 9.59 Å². The third-order valence-corrected chi connectivity index (χ3v) is 4.98. The van der Waals surface area contributed by atoms with Crippen LogP contribution in [0, 0.1) is 13.8 Å². The second-order valence-corrected chi connectivity index (χ2v) is 7.18. The lowest BCUT2D eigenvalue weighted by atomic mass is 10.1. The summed E-state index contributed by atoms with van der Waals surface area (Å²) < 4.78 is 5.24. The zero-order valence-corrected chi connectivity index (χ0v) is 16.3. The van der Waals surface area contributed by atoms with E-state index in [-0.39, 0.29) is 12.5 Å². The van der Waals surface area contributed by atoms with Crippen LogP contribution in [-0.2, 0) is 9.53 Å². The van der Waals surface area contributed by atoms with E-state index in [0.717, 1.165) is 29.9 Å². The molecule has 1 heterocycles. The molecule has 0 radical (unpaired) electrons. The number of nitrogens with zero attached hydrogens (tertiary/aromatic N) is 2. The molecule has 0 atom stereocenters. The number of piperazine rings is 1. The van der Waals surface area contributed by atoms with Crippen molar-refractivity contribution in [3.63, 3.8) is 0 Å². The minimum atomic E-state index is -0.456. The summed E-state index contributed by atoms with van der Waals surface area (Å²) in [6, 6.07) is 13.3. The zero-order valence-electron chi connectivity index (χ0n) is 15.6. The summed E-state index contributed by atoms with van der Waals surface area (Å²) in [6.45, 7) is 6.16. The first-order valence-corrected chi connectivity index (χ1v) is 9.34. The van der Waals surface area contributed by atoms with Gasteiger partial charge in [0.2, 0.25) is 0 Å². The normalized spacial score (nSPS) is 14.2. The van der Waals surface area contributed by atoms with Crippen molar-refractivity contribution in [3.05, 3.63) is 64.2 Å². The second kappa shape index (κ2) is 8.44. The number of rotatable bonds is 4. The van der Waals surface area contributed by atoms with Crippen LogP contribution < -0.4 is 4.90 Å². The molecule has 0 unspecified atom stereocenters. The van der Waals surface area contributed by atoms with E-state index in [1.165, 1.54) is 0 Å². The van der Waals surface area contributed by atoms with Gasteiger partial charge in [-0.05, 0) is 43.7 Å². The van der Waals surface area contributed by atoms with Crippen LogP contribution in [0.25, 0.3) is 0 Å². The number of hydrogen-bond donors (Lipinski definition) is 0. The first-order valence-electron chi connectivity index (χ1n) is 8.97. The van der Waals surface area contributed by atoms with Crippen molar-refractivity contribution in [2.45, 2.75) is 13.8 Å². The predicted octanol–water partition coefficient (Wildman–Crippen LogP) is 3.46. The standard InChI is InChI=1S/C21H23ClN2O3/c1-15-6-7-16(2)19(12-15)21(26)27-14-20(25)24-10-8-23(9-11-24)18-5-3-4-17(22)13-18/h3-7,12-13H,8-11,14H2,1-2H3. The number of carbonyl (C=O) groups is 2. The van der Waals surface area contributed by atoms with Gasteiger partial charge in [0.15, 0.2) is 6.61 Å². The van der Waals surface area contributed by atoms with Gasteiger partial charge in [-0.3, -0.25) is 4.79 Å². The van der Waals surface area contributed by atoms with Gasteiger partial charge in [-0.15, -0.1) is 0 Å². The van der Waals surface area contributed by atoms with Crippen LogP contribution in [0.4, 0.5) is 5.69 Å². The first kappa shape index (κ1) is 19.2. The van der Waals surface area contributed by atoms with Crippen molar-refractivity contribution in [1.82, 2.24) is 4.90 Å². The summed E-state index contributed by atoms with van der Waals surface area (Å²) in [5.41, 5.74) is 3.38. The van der Waals surface area contributed by atoms with Crippen LogP contribution in [-0.4, -0.2) is 49.6 Å². The van der Waals surface area contributed by atoms with Crippen LogP contribution in [0.2, 0.25) is 5.02 Å². The smallest absolute Gasteiger partial charge is 0.338 e. The Morgan fingerprint density at radius 3 is 2.48 bits per heavy atom. The molecule has 0 bridgehead atoms. The zero-order chi connectivity index (χ0) is 19.4. The van der Waals surface area contributed by atoms with E-state index in [4.69, 9.17) is 16.3 Å². The maximum absolute atomic E-state index is 12.4.